The van der Waals surface area contributed by atoms with Crippen LogP contribution in [0.4, 0.5) is 5.69 Å². The number of benzene rings is 1. The van der Waals surface area contributed by atoms with Crippen molar-refractivity contribution in [2.75, 3.05) is 11.6 Å². The molecule has 0 fully saturated rings. The van der Waals surface area contributed by atoms with Gasteiger partial charge in [0.2, 0.25) is 0 Å². The van der Waals surface area contributed by atoms with Crippen molar-refractivity contribution in [2.24, 2.45) is 0 Å². The predicted molar refractivity (Wildman–Crippen MR) is 60.7 cm³/mol. The maximum atomic E-state index is 5.72. The molecule has 1 aromatic rings. The summed E-state index contributed by atoms with van der Waals surface area (Å²) in [4.78, 5) is 0. The van der Waals surface area contributed by atoms with Crippen LogP contribution in [0.25, 0.3) is 0 Å². The van der Waals surface area contributed by atoms with E-state index in [1.165, 1.54) is 5.56 Å². The third-order valence-electron chi connectivity index (χ3n) is 1.52. The van der Waals surface area contributed by atoms with Gasteiger partial charge in [-0.3, -0.25) is 0 Å². The van der Waals surface area contributed by atoms with Crippen LogP contribution in [0.5, 0.6) is 0 Å². The maximum absolute atomic E-state index is 5.72. The lowest BCUT2D eigenvalue weighted by Gasteiger charge is -2.04. The number of hydrogen-bond acceptors (Lipinski definition) is 1. The molecule has 66 valence electrons. The van der Waals surface area contributed by atoms with E-state index in [0.29, 0.717) is 5.88 Å². The molecule has 0 atom stereocenters. The molecule has 0 bridgehead atoms. The fraction of sp³-hybridized carbons (Fsp3) is 0.250. The topological polar surface area (TPSA) is 26.0 Å². The van der Waals surface area contributed by atoms with Crippen LogP contribution >= 0.6 is 43.5 Å². The van der Waals surface area contributed by atoms with Crippen LogP contribution in [0.3, 0.4) is 0 Å². The highest BCUT2D eigenvalue weighted by Gasteiger charge is 2.02. The number of nitrogen functional groups attached to an aromatic ring is 1. The van der Waals surface area contributed by atoms with Crippen LogP contribution in [0.1, 0.15) is 5.56 Å². The van der Waals surface area contributed by atoms with Crippen LogP contribution in [0.2, 0.25) is 0 Å². The third-order valence-corrected chi connectivity index (χ3v) is 3.02. The Balaban J connectivity index is 3.04. The highest BCUT2D eigenvalue weighted by molar-refractivity contribution is 9.11. The number of halogens is 3. The van der Waals surface area contributed by atoms with E-state index in [0.717, 1.165) is 21.1 Å². The van der Waals surface area contributed by atoms with Gasteiger partial charge in [0, 0.05) is 14.8 Å². The van der Waals surface area contributed by atoms with Gasteiger partial charge in [-0.25, -0.2) is 0 Å². The minimum atomic E-state index is 0.628. The second-order valence-electron chi connectivity index (χ2n) is 2.41. The zero-order chi connectivity index (χ0) is 9.14. The molecule has 1 nitrogen and oxygen atoms in total. The van der Waals surface area contributed by atoms with Gasteiger partial charge < -0.3 is 5.73 Å². The van der Waals surface area contributed by atoms with E-state index in [2.05, 4.69) is 31.9 Å². The second-order valence-corrected chi connectivity index (χ2v) is 4.50. The summed E-state index contributed by atoms with van der Waals surface area (Å²) < 4.78 is 1.83. The minimum Gasteiger partial charge on any atom is -0.397 e. The Morgan fingerprint density at radius 1 is 1.25 bits per heavy atom. The summed E-state index contributed by atoms with van der Waals surface area (Å²) in [5.74, 6) is 0.628. The van der Waals surface area contributed by atoms with Gasteiger partial charge in [-0.05, 0) is 56.0 Å². The van der Waals surface area contributed by atoms with E-state index in [1.54, 1.807) is 0 Å². The molecule has 0 aliphatic rings. The first-order chi connectivity index (χ1) is 5.65. The molecule has 0 saturated carbocycles. The lowest BCUT2D eigenvalue weighted by atomic mass is 10.1. The first kappa shape index (κ1) is 10.4. The van der Waals surface area contributed by atoms with Crippen molar-refractivity contribution in [2.45, 2.75) is 6.42 Å². The van der Waals surface area contributed by atoms with Crippen LogP contribution in [-0.4, -0.2) is 5.88 Å². The maximum Gasteiger partial charge on any atom is 0.0603 e. The molecule has 0 amide bonds. The lowest BCUT2D eigenvalue weighted by Crippen LogP contribution is -1.92. The molecular formula is C8H8Br2ClN. The van der Waals surface area contributed by atoms with Crippen LogP contribution in [0, 0.1) is 0 Å². The number of hydrogen-bond donors (Lipinski definition) is 1. The van der Waals surface area contributed by atoms with Gasteiger partial charge in [0.1, 0.15) is 0 Å². The van der Waals surface area contributed by atoms with Crippen molar-refractivity contribution < 1.29 is 0 Å². The van der Waals surface area contributed by atoms with Crippen molar-refractivity contribution in [1.29, 1.82) is 0 Å². The largest absolute Gasteiger partial charge is 0.397 e. The molecule has 1 aromatic carbocycles. The average Bonchev–Trinajstić information content (AvgIpc) is 2.01. The highest BCUT2D eigenvalue weighted by atomic mass is 79.9. The van der Waals surface area contributed by atoms with E-state index >= 15 is 0 Å². The van der Waals surface area contributed by atoms with Gasteiger partial charge >= 0.3 is 0 Å². The number of anilines is 1. The summed E-state index contributed by atoms with van der Waals surface area (Å²) >= 11 is 12.4. The van der Waals surface area contributed by atoms with Crippen molar-refractivity contribution in [3.8, 4) is 0 Å². The van der Waals surface area contributed by atoms with E-state index in [4.69, 9.17) is 17.3 Å². The summed E-state index contributed by atoms with van der Waals surface area (Å²) in [6.07, 6.45) is 0.860. The van der Waals surface area contributed by atoms with Gasteiger partial charge in [-0.1, -0.05) is 0 Å². The Labute approximate surface area is 93.5 Å². The first-order valence-electron chi connectivity index (χ1n) is 3.44. The highest BCUT2D eigenvalue weighted by Crippen LogP contribution is 2.29. The van der Waals surface area contributed by atoms with Gasteiger partial charge in [0.15, 0.2) is 0 Å². The second kappa shape index (κ2) is 4.49. The molecule has 0 spiro atoms. The quantitative estimate of drug-likeness (QED) is 0.655. The molecular weight excluding hydrogens is 305 g/mol. The molecule has 0 unspecified atom stereocenters. The molecule has 0 heterocycles. The SMILES string of the molecule is Nc1c(Br)cc(CCCl)cc1Br. The Hall–Kier alpha value is 0.270. The molecule has 4 heteroatoms. The predicted octanol–water partition coefficient (Wildman–Crippen LogP) is 3.58. The fourth-order valence-electron chi connectivity index (χ4n) is 0.890. The zero-order valence-electron chi connectivity index (χ0n) is 6.28. The van der Waals surface area contributed by atoms with E-state index in [-0.39, 0.29) is 0 Å². The minimum absolute atomic E-state index is 0.628. The van der Waals surface area contributed by atoms with Crippen LogP contribution < -0.4 is 5.73 Å². The molecule has 0 radical (unpaired) electrons. The summed E-state index contributed by atoms with van der Waals surface area (Å²) in [5.41, 5.74) is 7.63. The third kappa shape index (κ3) is 2.38. The summed E-state index contributed by atoms with van der Waals surface area (Å²) in [6.45, 7) is 0. The van der Waals surface area contributed by atoms with E-state index in [1.807, 2.05) is 12.1 Å². The van der Waals surface area contributed by atoms with Gasteiger partial charge in [-0.2, -0.15) is 0 Å². The van der Waals surface area contributed by atoms with E-state index in [9.17, 15) is 0 Å². The van der Waals surface area contributed by atoms with Gasteiger partial charge in [0.05, 0.1) is 5.69 Å². The first-order valence-corrected chi connectivity index (χ1v) is 5.56. The standard InChI is InChI=1S/C8H8Br2ClN/c9-6-3-5(1-2-11)4-7(10)8(6)12/h3-4H,1-2,12H2. The van der Waals surface area contributed by atoms with Crippen molar-refractivity contribution in [3.05, 3.63) is 26.6 Å². The summed E-state index contributed by atoms with van der Waals surface area (Å²) in [7, 11) is 0. The number of nitrogens with two attached hydrogens (primary N) is 1. The molecule has 12 heavy (non-hydrogen) atoms. The molecule has 1 rings (SSSR count). The van der Waals surface area contributed by atoms with Crippen LogP contribution in [-0.2, 0) is 6.42 Å². The molecule has 2 N–H and O–H groups in total. The van der Waals surface area contributed by atoms with Crippen molar-refractivity contribution >= 4 is 49.1 Å². The number of alkyl halides is 1. The van der Waals surface area contributed by atoms with Gasteiger partial charge in [-0.15, -0.1) is 11.6 Å². The Bertz CT molecular complexity index is 265. The summed E-state index contributed by atoms with van der Waals surface area (Å²) in [6, 6.07) is 3.98. The molecule has 0 aliphatic carbocycles. The molecule has 0 aliphatic heterocycles. The summed E-state index contributed by atoms with van der Waals surface area (Å²) in [5, 5.41) is 0. The Morgan fingerprint density at radius 3 is 2.17 bits per heavy atom. The molecule has 0 saturated heterocycles. The number of aryl methyl sites for hydroxylation is 1. The lowest BCUT2D eigenvalue weighted by molar-refractivity contribution is 1.14. The normalized spacial score (nSPS) is 10.2. The fourth-order valence-corrected chi connectivity index (χ4v) is 2.39. The Morgan fingerprint density at radius 2 is 1.75 bits per heavy atom. The zero-order valence-corrected chi connectivity index (χ0v) is 10.2. The van der Waals surface area contributed by atoms with Crippen molar-refractivity contribution in [1.82, 2.24) is 0 Å². The number of rotatable bonds is 2. The van der Waals surface area contributed by atoms with E-state index < -0.39 is 0 Å². The molecule has 0 aromatic heterocycles. The van der Waals surface area contributed by atoms with Gasteiger partial charge in [0.25, 0.3) is 0 Å². The van der Waals surface area contributed by atoms with Crippen LogP contribution in [0.15, 0.2) is 21.1 Å². The monoisotopic (exact) mass is 311 g/mol. The smallest absolute Gasteiger partial charge is 0.0603 e. The Kier molecular flexibility index (Phi) is 3.87. The van der Waals surface area contributed by atoms with Crippen molar-refractivity contribution in [3.63, 3.8) is 0 Å². The average molecular weight is 313 g/mol.